The number of carbonyl (C=O) groups excluding carboxylic acids is 2. The van der Waals surface area contributed by atoms with Crippen molar-refractivity contribution in [2.45, 2.75) is 57.8 Å². The fourth-order valence-electron chi connectivity index (χ4n) is 4.50. The second kappa shape index (κ2) is 11.9. The Kier molecular flexibility index (Phi) is 9.54. The molecule has 1 aromatic rings. The van der Waals surface area contributed by atoms with Crippen LogP contribution in [0.1, 0.15) is 51.6 Å². The molecule has 2 fully saturated rings. The molecule has 2 amide bonds. The predicted octanol–water partition coefficient (Wildman–Crippen LogP) is 4.28. The third-order valence-corrected chi connectivity index (χ3v) is 7.45. The standard InChI is InChI=1S/C24H34Cl2N2O7S/c1-24(2,3)35-23(30)27-10-7-16(8-11-27)22(29)28-12-14-33-20(9-13-34-36(4,31)32)21(28)17-5-6-18(25)19(26)15-17/h5-6,15-16,20-21H,7-14H2,1-4H3/t20-,21?/m1/s1. The van der Waals surface area contributed by atoms with Crippen LogP contribution >= 0.6 is 23.2 Å². The number of ether oxygens (including phenoxy) is 2. The van der Waals surface area contributed by atoms with E-state index in [2.05, 4.69) is 0 Å². The van der Waals surface area contributed by atoms with Crippen molar-refractivity contribution in [1.29, 1.82) is 0 Å². The van der Waals surface area contributed by atoms with Gasteiger partial charge in [-0.2, -0.15) is 8.42 Å². The molecule has 2 aliphatic heterocycles. The summed E-state index contributed by atoms with van der Waals surface area (Å²) in [5.41, 5.74) is 0.161. The quantitative estimate of drug-likeness (QED) is 0.475. The second-order valence-electron chi connectivity index (χ2n) is 10.1. The van der Waals surface area contributed by atoms with Gasteiger partial charge in [0.1, 0.15) is 5.60 Å². The lowest BCUT2D eigenvalue weighted by Crippen LogP contribution is -2.52. The van der Waals surface area contributed by atoms with E-state index in [1.165, 1.54) is 0 Å². The number of likely N-dealkylation sites (tertiary alicyclic amines) is 1. The summed E-state index contributed by atoms with van der Waals surface area (Å²) in [5.74, 6) is -0.299. The Bertz CT molecular complexity index is 1050. The van der Waals surface area contributed by atoms with Crippen molar-refractivity contribution in [1.82, 2.24) is 9.80 Å². The first-order chi connectivity index (χ1) is 16.7. The van der Waals surface area contributed by atoms with Gasteiger partial charge in [-0.25, -0.2) is 4.79 Å². The molecule has 0 aromatic heterocycles. The summed E-state index contributed by atoms with van der Waals surface area (Å²) >= 11 is 12.4. The van der Waals surface area contributed by atoms with E-state index in [4.69, 9.17) is 36.9 Å². The van der Waals surface area contributed by atoms with E-state index in [-0.39, 0.29) is 30.9 Å². The van der Waals surface area contributed by atoms with Crippen molar-refractivity contribution < 1.29 is 31.7 Å². The van der Waals surface area contributed by atoms with Gasteiger partial charge < -0.3 is 19.3 Å². The Labute approximate surface area is 223 Å². The van der Waals surface area contributed by atoms with E-state index in [1.54, 1.807) is 28.0 Å². The molecule has 0 saturated carbocycles. The summed E-state index contributed by atoms with van der Waals surface area (Å²) in [6.07, 6.45) is 1.42. The first-order valence-corrected chi connectivity index (χ1v) is 14.5. The highest BCUT2D eigenvalue weighted by Gasteiger charge is 2.40. The van der Waals surface area contributed by atoms with E-state index in [1.807, 2.05) is 20.8 Å². The van der Waals surface area contributed by atoms with E-state index in [0.717, 1.165) is 11.8 Å². The normalized spacial score (nSPS) is 21.9. The summed E-state index contributed by atoms with van der Waals surface area (Å²) in [5, 5.41) is 0.741. The minimum atomic E-state index is -3.61. The van der Waals surface area contributed by atoms with Crippen LogP contribution in [-0.4, -0.2) is 81.0 Å². The maximum atomic E-state index is 13.7. The monoisotopic (exact) mass is 564 g/mol. The highest BCUT2D eigenvalue weighted by atomic mass is 35.5. The Balaban J connectivity index is 1.76. The Morgan fingerprint density at radius 1 is 1.11 bits per heavy atom. The fourth-order valence-corrected chi connectivity index (χ4v) is 5.20. The topological polar surface area (TPSA) is 102 Å². The van der Waals surface area contributed by atoms with Gasteiger partial charge in [0.05, 0.1) is 41.7 Å². The van der Waals surface area contributed by atoms with Crippen LogP contribution in [0.5, 0.6) is 0 Å². The van der Waals surface area contributed by atoms with Gasteiger partial charge in [-0.1, -0.05) is 29.3 Å². The van der Waals surface area contributed by atoms with Crippen molar-refractivity contribution in [3.8, 4) is 0 Å². The molecule has 1 aromatic carbocycles. The smallest absolute Gasteiger partial charge is 0.410 e. The Morgan fingerprint density at radius 3 is 2.36 bits per heavy atom. The zero-order valence-electron chi connectivity index (χ0n) is 21.0. The lowest BCUT2D eigenvalue weighted by Gasteiger charge is -2.44. The maximum Gasteiger partial charge on any atom is 0.410 e. The largest absolute Gasteiger partial charge is 0.444 e. The van der Waals surface area contributed by atoms with Gasteiger partial charge in [-0.15, -0.1) is 0 Å². The molecule has 0 spiro atoms. The van der Waals surface area contributed by atoms with Crippen molar-refractivity contribution in [2.24, 2.45) is 5.92 Å². The van der Waals surface area contributed by atoms with Gasteiger partial charge in [-0.3, -0.25) is 8.98 Å². The molecule has 0 radical (unpaired) electrons. The van der Waals surface area contributed by atoms with Crippen LogP contribution < -0.4 is 0 Å². The first kappa shape index (κ1) is 29.0. The Morgan fingerprint density at radius 2 is 1.78 bits per heavy atom. The molecular formula is C24H34Cl2N2O7S. The molecule has 2 saturated heterocycles. The summed E-state index contributed by atoms with van der Waals surface area (Å²) in [6, 6.07) is 4.68. The number of nitrogens with zero attached hydrogens (tertiary/aromatic N) is 2. The SMILES string of the molecule is CC(C)(C)OC(=O)N1CCC(C(=O)N2CCO[C@H](CCOS(C)(=O)=O)C2c2ccc(Cl)c(Cl)c2)CC1. The molecule has 9 nitrogen and oxygen atoms in total. The molecule has 2 heterocycles. The molecular weight excluding hydrogens is 531 g/mol. The summed E-state index contributed by atoms with van der Waals surface area (Å²) in [7, 11) is -3.61. The molecule has 1 unspecified atom stereocenters. The third-order valence-electron chi connectivity index (χ3n) is 6.12. The van der Waals surface area contributed by atoms with Crippen LogP contribution in [0.4, 0.5) is 4.79 Å². The number of amides is 2. The number of hydrogen-bond acceptors (Lipinski definition) is 7. The van der Waals surface area contributed by atoms with Crippen LogP contribution in [0.3, 0.4) is 0 Å². The lowest BCUT2D eigenvalue weighted by atomic mass is 9.91. The molecule has 12 heteroatoms. The number of carbonyl (C=O) groups is 2. The molecule has 202 valence electrons. The first-order valence-electron chi connectivity index (χ1n) is 11.9. The summed E-state index contributed by atoms with van der Waals surface area (Å²) < 4.78 is 39.2. The number of rotatable bonds is 6. The minimum absolute atomic E-state index is 0.0350. The zero-order chi connectivity index (χ0) is 26.7. The van der Waals surface area contributed by atoms with Gasteiger partial charge >= 0.3 is 6.09 Å². The average molecular weight is 566 g/mol. The third kappa shape index (κ3) is 7.95. The number of benzene rings is 1. The lowest BCUT2D eigenvalue weighted by molar-refractivity contribution is -0.153. The van der Waals surface area contributed by atoms with E-state index < -0.39 is 27.9 Å². The average Bonchev–Trinajstić information content (AvgIpc) is 2.78. The van der Waals surface area contributed by atoms with Crippen LogP contribution in [0.15, 0.2) is 18.2 Å². The van der Waals surface area contributed by atoms with Gasteiger partial charge in [0.25, 0.3) is 10.1 Å². The highest BCUT2D eigenvalue weighted by Crippen LogP contribution is 2.36. The molecule has 0 aliphatic carbocycles. The fraction of sp³-hybridized carbons (Fsp3) is 0.667. The van der Waals surface area contributed by atoms with Crippen molar-refractivity contribution in [3.63, 3.8) is 0 Å². The van der Waals surface area contributed by atoms with Gasteiger partial charge in [0, 0.05) is 32.0 Å². The van der Waals surface area contributed by atoms with Crippen molar-refractivity contribution in [3.05, 3.63) is 33.8 Å². The number of morpholine rings is 1. The molecule has 2 atom stereocenters. The highest BCUT2D eigenvalue weighted by molar-refractivity contribution is 7.85. The zero-order valence-corrected chi connectivity index (χ0v) is 23.4. The minimum Gasteiger partial charge on any atom is -0.444 e. The van der Waals surface area contributed by atoms with E-state index >= 15 is 0 Å². The summed E-state index contributed by atoms with van der Waals surface area (Å²) in [6.45, 7) is 6.93. The summed E-state index contributed by atoms with van der Waals surface area (Å²) in [4.78, 5) is 29.6. The second-order valence-corrected chi connectivity index (χ2v) is 12.6. The number of hydrogen-bond donors (Lipinski definition) is 0. The van der Waals surface area contributed by atoms with Gasteiger partial charge in [0.15, 0.2) is 0 Å². The van der Waals surface area contributed by atoms with Crippen LogP contribution in [-0.2, 0) is 28.6 Å². The number of piperidine rings is 1. The van der Waals surface area contributed by atoms with E-state index in [9.17, 15) is 18.0 Å². The molecule has 0 N–H and O–H groups in total. The number of halogens is 2. The van der Waals surface area contributed by atoms with Crippen LogP contribution in [0.2, 0.25) is 10.0 Å². The van der Waals surface area contributed by atoms with Gasteiger partial charge in [0.2, 0.25) is 5.91 Å². The van der Waals surface area contributed by atoms with Crippen molar-refractivity contribution >= 4 is 45.3 Å². The Hall–Kier alpha value is -1.59. The van der Waals surface area contributed by atoms with Crippen molar-refractivity contribution in [2.75, 3.05) is 39.1 Å². The van der Waals surface area contributed by atoms with Crippen LogP contribution in [0, 0.1) is 5.92 Å². The van der Waals surface area contributed by atoms with Gasteiger partial charge in [-0.05, 0) is 51.3 Å². The molecule has 3 rings (SSSR count). The predicted molar refractivity (Wildman–Crippen MR) is 137 cm³/mol. The van der Waals surface area contributed by atoms with E-state index in [0.29, 0.717) is 49.1 Å². The van der Waals surface area contributed by atoms with Crippen LogP contribution in [0.25, 0.3) is 0 Å². The molecule has 2 aliphatic rings. The molecule has 0 bridgehead atoms. The molecule has 36 heavy (non-hydrogen) atoms. The maximum absolute atomic E-state index is 13.7.